The fraction of sp³-hybridized carbons (Fsp3) is 0.600. The van der Waals surface area contributed by atoms with Crippen molar-refractivity contribution in [1.29, 1.82) is 0 Å². The van der Waals surface area contributed by atoms with Crippen LogP contribution in [-0.2, 0) is 6.54 Å². The molecule has 1 saturated heterocycles. The van der Waals surface area contributed by atoms with Crippen LogP contribution in [0.15, 0.2) is 18.2 Å². The van der Waals surface area contributed by atoms with Crippen LogP contribution in [0.1, 0.15) is 31.7 Å². The molecule has 6 heteroatoms. The van der Waals surface area contributed by atoms with E-state index in [1.807, 2.05) is 0 Å². The van der Waals surface area contributed by atoms with Crippen molar-refractivity contribution in [3.8, 4) is 0 Å². The Labute approximate surface area is 124 Å². The molecule has 1 atom stereocenters. The summed E-state index contributed by atoms with van der Waals surface area (Å²) in [6.07, 6.45) is 3.18. The molecule has 1 aromatic rings. The lowest BCUT2D eigenvalue weighted by molar-refractivity contribution is -0.387. The maximum Gasteiger partial charge on any atom is 0.305 e. The van der Waals surface area contributed by atoms with E-state index in [1.54, 1.807) is 12.1 Å². The Kier molecular flexibility index (Phi) is 5.64. The highest BCUT2D eigenvalue weighted by Crippen LogP contribution is 2.23. The Morgan fingerprint density at radius 3 is 2.95 bits per heavy atom. The smallest absolute Gasteiger partial charge is 0.305 e. The normalized spacial score (nSPS) is 18.9. The van der Waals surface area contributed by atoms with Crippen LogP contribution in [-0.4, -0.2) is 35.5 Å². The fourth-order valence-electron chi connectivity index (χ4n) is 2.87. The van der Waals surface area contributed by atoms with Gasteiger partial charge in [0.25, 0.3) is 0 Å². The Hall–Kier alpha value is -1.53. The van der Waals surface area contributed by atoms with Crippen LogP contribution >= 0.6 is 0 Å². The average Bonchev–Trinajstić information content (AvgIpc) is 2.49. The molecule has 0 saturated carbocycles. The molecule has 0 radical (unpaired) electrons. The first-order valence-electron chi connectivity index (χ1n) is 7.50. The van der Waals surface area contributed by atoms with Gasteiger partial charge in [-0.25, -0.2) is 0 Å². The Morgan fingerprint density at radius 2 is 2.33 bits per heavy atom. The molecule has 116 valence electrons. The zero-order chi connectivity index (χ0) is 15.2. The second-order valence-corrected chi connectivity index (χ2v) is 5.48. The molecule has 21 heavy (non-hydrogen) atoms. The highest BCUT2D eigenvalue weighted by molar-refractivity contribution is 5.36. The number of halogens is 1. The highest BCUT2D eigenvalue weighted by atomic mass is 19.1. The number of hydrogen-bond acceptors (Lipinski definition) is 4. The lowest BCUT2D eigenvalue weighted by Crippen LogP contribution is -2.46. The molecule has 2 rings (SSSR count). The first-order valence-corrected chi connectivity index (χ1v) is 7.50. The Bertz CT molecular complexity index is 490. The van der Waals surface area contributed by atoms with Gasteiger partial charge in [0.2, 0.25) is 5.82 Å². The summed E-state index contributed by atoms with van der Waals surface area (Å²) in [6.45, 7) is 5.31. The third kappa shape index (κ3) is 3.98. The molecule has 1 heterocycles. The molecule has 1 aromatic carbocycles. The van der Waals surface area contributed by atoms with E-state index in [9.17, 15) is 14.5 Å². The largest absolute Gasteiger partial charge is 0.315 e. The lowest BCUT2D eigenvalue weighted by atomic mass is 10.0. The minimum atomic E-state index is -0.702. The maximum atomic E-state index is 14.2. The molecule has 0 amide bonds. The first kappa shape index (κ1) is 15.9. The summed E-state index contributed by atoms with van der Waals surface area (Å²) in [6, 6.07) is 4.78. The molecule has 0 aliphatic carbocycles. The SMILES string of the molecule is CCCN(Cc1cccc([N+](=O)[O-])c1F)C1CCCNC1. The number of benzene rings is 1. The predicted octanol–water partition coefficient (Wildman–Crippen LogP) is 2.70. The van der Waals surface area contributed by atoms with Crippen molar-refractivity contribution >= 4 is 5.69 Å². The predicted molar refractivity (Wildman–Crippen MR) is 79.6 cm³/mol. The van der Waals surface area contributed by atoms with Crippen LogP contribution in [0.3, 0.4) is 0 Å². The van der Waals surface area contributed by atoms with Gasteiger partial charge in [0.15, 0.2) is 0 Å². The minimum absolute atomic E-state index is 0.373. The zero-order valence-electron chi connectivity index (χ0n) is 12.3. The lowest BCUT2D eigenvalue weighted by Gasteiger charge is -2.34. The van der Waals surface area contributed by atoms with Gasteiger partial charge in [-0.1, -0.05) is 19.1 Å². The van der Waals surface area contributed by atoms with Gasteiger partial charge in [-0.05, 0) is 32.4 Å². The summed E-state index contributed by atoms with van der Waals surface area (Å²) in [5.41, 5.74) is -0.0334. The Morgan fingerprint density at radius 1 is 1.52 bits per heavy atom. The number of piperidine rings is 1. The van der Waals surface area contributed by atoms with E-state index in [4.69, 9.17) is 0 Å². The molecule has 1 aliphatic heterocycles. The number of nitrogens with one attached hydrogen (secondary N) is 1. The molecular formula is C15H22FN3O2. The van der Waals surface area contributed by atoms with Crippen LogP contribution in [0, 0.1) is 15.9 Å². The van der Waals surface area contributed by atoms with Gasteiger partial charge < -0.3 is 5.32 Å². The molecule has 1 unspecified atom stereocenters. The summed E-state index contributed by atoms with van der Waals surface area (Å²) >= 11 is 0. The fourth-order valence-corrected chi connectivity index (χ4v) is 2.87. The van der Waals surface area contributed by atoms with Crippen molar-refractivity contribution in [3.05, 3.63) is 39.7 Å². The molecule has 1 aliphatic rings. The van der Waals surface area contributed by atoms with Crippen molar-refractivity contribution < 1.29 is 9.31 Å². The van der Waals surface area contributed by atoms with Crippen molar-refractivity contribution in [3.63, 3.8) is 0 Å². The van der Waals surface area contributed by atoms with Gasteiger partial charge in [0.1, 0.15) is 0 Å². The van der Waals surface area contributed by atoms with Crippen molar-refractivity contribution in [2.24, 2.45) is 0 Å². The topological polar surface area (TPSA) is 58.4 Å². The third-order valence-corrected chi connectivity index (χ3v) is 3.93. The second kappa shape index (κ2) is 7.47. The molecule has 0 aromatic heterocycles. The van der Waals surface area contributed by atoms with E-state index < -0.39 is 16.4 Å². The van der Waals surface area contributed by atoms with Crippen LogP contribution in [0.4, 0.5) is 10.1 Å². The summed E-state index contributed by atoms with van der Waals surface area (Å²) < 4.78 is 14.2. The van der Waals surface area contributed by atoms with Gasteiger partial charge in [-0.2, -0.15) is 4.39 Å². The molecule has 0 bridgehead atoms. The Balaban J connectivity index is 2.16. The maximum absolute atomic E-state index is 14.2. The molecule has 5 nitrogen and oxygen atoms in total. The average molecular weight is 295 g/mol. The summed E-state index contributed by atoms with van der Waals surface area (Å²) in [4.78, 5) is 12.4. The number of nitrogens with zero attached hydrogens (tertiary/aromatic N) is 2. The van der Waals surface area contributed by atoms with Gasteiger partial charge in [0.05, 0.1) is 4.92 Å². The van der Waals surface area contributed by atoms with E-state index in [-0.39, 0.29) is 0 Å². The van der Waals surface area contributed by atoms with Gasteiger partial charge in [-0.3, -0.25) is 15.0 Å². The highest BCUT2D eigenvalue weighted by Gasteiger charge is 2.23. The van der Waals surface area contributed by atoms with Crippen LogP contribution in [0.2, 0.25) is 0 Å². The molecular weight excluding hydrogens is 273 g/mol. The van der Waals surface area contributed by atoms with Crippen LogP contribution in [0.25, 0.3) is 0 Å². The number of rotatable bonds is 6. The van der Waals surface area contributed by atoms with Gasteiger partial charge in [0, 0.05) is 30.8 Å². The van der Waals surface area contributed by atoms with E-state index in [1.165, 1.54) is 6.07 Å². The summed E-state index contributed by atoms with van der Waals surface area (Å²) in [5, 5.41) is 14.2. The van der Waals surface area contributed by atoms with Crippen molar-refractivity contribution in [1.82, 2.24) is 10.2 Å². The minimum Gasteiger partial charge on any atom is -0.315 e. The quantitative estimate of drug-likeness (QED) is 0.647. The van der Waals surface area contributed by atoms with Crippen LogP contribution in [0.5, 0.6) is 0 Å². The number of nitro groups is 1. The third-order valence-electron chi connectivity index (χ3n) is 3.93. The van der Waals surface area contributed by atoms with E-state index in [0.29, 0.717) is 18.2 Å². The molecule has 1 fully saturated rings. The molecule has 1 N–H and O–H groups in total. The summed E-state index contributed by atoms with van der Waals surface area (Å²) in [5.74, 6) is -0.702. The van der Waals surface area contributed by atoms with Crippen molar-refractivity contribution in [2.45, 2.75) is 38.8 Å². The molecule has 0 spiro atoms. The number of hydrogen-bond donors (Lipinski definition) is 1. The van der Waals surface area contributed by atoms with E-state index in [0.717, 1.165) is 38.9 Å². The van der Waals surface area contributed by atoms with Gasteiger partial charge in [-0.15, -0.1) is 0 Å². The monoisotopic (exact) mass is 295 g/mol. The van der Waals surface area contributed by atoms with E-state index in [2.05, 4.69) is 17.1 Å². The van der Waals surface area contributed by atoms with Crippen molar-refractivity contribution in [2.75, 3.05) is 19.6 Å². The van der Waals surface area contributed by atoms with Crippen LogP contribution < -0.4 is 5.32 Å². The van der Waals surface area contributed by atoms with E-state index >= 15 is 0 Å². The van der Waals surface area contributed by atoms with Gasteiger partial charge >= 0.3 is 5.69 Å². The second-order valence-electron chi connectivity index (χ2n) is 5.48. The summed E-state index contributed by atoms with van der Waals surface area (Å²) in [7, 11) is 0. The first-order chi connectivity index (χ1) is 10.1. The number of nitro benzene ring substituents is 1. The zero-order valence-corrected chi connectivity index (χ0v) is 12.3. The standard InChI is InChI=1S/C15H22FN3O2/c1-2-9-18(13-6-4-8-17-10-13)11-12-5-3-7-14(15(12)16)19(20)21/h3,5,7,13,17H,2,4,6,8-11H2,1H3.